The molecule has 0 aliphatic carbocycles. The summed E-state index contributed by atoms with van der Waals surface area (Å²) in [5, 5.41) is 10.8. The minimum absolute atomic E-state index is 0.135. The largest absolute Gasteiger partial charge is 0.465 e. The third kappa shape index (κ3) is 9.34. The number of amides is 1. The van der Waals surface area contributed by atoms with Gasteiger partial charge in [-0.15, -0.1) is 0 Å². The lowest BCUT2D eigenvalue weighted by Gasteiger charge is -2.12. The summed E-state index contributed by atoms with van der Waals surface area (Å²) in [4.78, 5) is 36.2. The number of aromatic nitrogens is 1. The van der Waals surface area contributed by atoms with Gasteiger partial charge in [0.05, 0.1) is 18.2 Å². The first-order chi connectivity index (χ1) is 19.6. The highest BCUT2D eigenvalue weighted by Crippen LogP contribution is 2.29. The average molecular weight is 547 g/mol. The number of hydrogen-bond donors (Lipinski definition) is 4. The van der Waals surface area contributed by atoms with Crippen LogP contribution in [0.3, 0.4) is 0 Å². The number of rotatable bonds is 17. The second-order valence-electron chi connectivity index (χ2n) is 9.56. The number of unbranched alkanes of at least 4 members (excludes halogenated alkanes) is 1. The first-order valence-corrected chi connectivity index (χ1v) is 14.1. The van der Waals surface area contributed by atoms with Crippen molar-refractivity contribution in [1.29, 1.82) is 0 Å². The van der Waals surface area contributed by atoms with E-state index in [9.17, 15) is 9.59 Å². The van der Waals surface area contributed by atoms with E-state index in [0.29, 0.717) is 37.4 Å². The number of aromatic amines is 1. The van der Waals surface area contributed by atoms with Gasteiger partial charge in [-0.25, -0.2) is 9.79 Å². The summed E-state index contributed by atoms with van der Waals surface area (Å²) in [5.41, 5.74) is 3.30. The Hall–Kier alpha value is -3.98. The molecule has 9 heteroatoms. The molecular weight excluding hydrogens is 504 g/mol. The fourth-order valence-corrected chi connectivity index (χ4v) is 4.37. The molecule has 9 nitrogen and oxygen atoms in total. The van der Waals surface area contributed by atoms with Crippen molar-refractivity contribution in [3.05, 3.63) is 65.2 Å². The van der Waals surface area contributed by atoms with Crippen molar-refractivity contribution in [3.8, 4) is 0 Å². The molecule has 0 aliphatic heterocycles. The maximum Gasteiger partial charge on any atom is 0.337 e. The Morgan fingerprint density at radius 3 is 2.52 bits per heavy atom. The first kappa shape index (κ1) is 30.6. The fourth-order valence-electron chi connectivity index (χ4n) is 4.37. The molecule has 0 spiro atoms. The lowest BCUT2D eigenvalue weighted by Crippen LogP contribution is -2.28. The van der Waals surface area contributed by atoms with Crippen molar-refractivity contribution in [2.24, 2.45) is 9.98 Å². The number of H-pyrrole nitrogens is 1. The van der Waals surface area contributed by atoms with Crippen LogP contribution in [0, 0.1) is 0 Å². The molecule has 0 radical (unpaired) electrons. The minimum atomic E-state index is -0.396. The smallest absolute Gasteiger partial charge is 0.337 e. The first-order valence-electron chi connectivity index (χ1n) is 14.1. The van der Waals surface area contributed by atoms with Crippen LogP contribution in [-0.4, -0.2) is 69.2 Å². The highest BCUT2D eigenvalue weighted by Gasteiger charge is 2.18. The van der Waals surface area contributed by atoms with Crippen LogP contribution >= 0.6 is 0 Å². The number of carbonyl (C=O) groups excluding carboxylic acids is 2. The topological polar surface area (TPSA) is 120 Å². The Morgan fingerprint density at radius 1 is 0.975 bits per heavy atom. The van der Waals surface area contributed by atoms with E-state index in [0.717, 1.165) is 67.5 Å². The van der Waals surface area contributed by atoms with Gasteiger partial charge in [-0.1, -0.05) is 49.7 Å². The van der Waals surface area contributed by atoms with Gasteiger partial charge in [-0.3, -0.25) is 9.79 Å². The van der Waals surface area contributed by atoms with Gasteiger partial charge in [0, 0.05) is 37.0 Å². The number of methoxy groups -OCH3 is 1. The van der Waals surface area contributed by atoms with Crippen LogP contribution in [0.5, 0.6) is 0 Å². The van der Waals surface area contributed by atoms with Crippen LogP contribution in [0.1, 0.15) is 60.5 Å². The van der Waals surface area contributed by atoms with Crippen LogP contribution in [0.25, 0.3) is 10.9 Å². The van der Waals surface area contributed by atoms with Crippen LogP contribution in [-0.2, 0) is 16.0 Å². The number of hydrogen-bond acceptors (Lipinski definition) is 6. The van der Waals surface area contributed by atoms with Crippen molar-refractivity contribution in [3.63, 3.8) is 0 Å². The summed E-state index contributed by atoms with van der Waals surface area (Å²) in [5.74, 6) is 1.08. The second-order valence-corrected chi connectivity index (χ2v) is 9.56. The predicted molar refractivity (Wildman–Crippen MR) is 163 cm³/mol. The molecule has 0 aliphatic rings. The summed E-state index contributed by atoms with van der Waals surface area (Å²) in [6, 6.07) is 15.7. The number of aliphatic imine (C=N–C) groups is 2. The maximum absolute atomic E-state index is 12.0. The van der Waals surface area contributed by atoms with E-state index in [1.165, 1.54) is 12.7 Å². The van der Waals surface area contributed by atoms with Crippen LogP contribution < -0.4 is 16.0 Å². The Balaban J connectivity index is 1.63. The molecule has 214 valence electrons. The Labute approximate surface area is 236 Å². The standard InChI is InChI=1S/C31H42N6O3/c1-4-5-13-27(38)34-19-9-17-33-18-10-20-35-30(36-21-16-23-11-7-6-8-12-23)28-25-15-14-24(31(39)40-3)22-26(25)37-29(28)32-2/h6-8,11-12,14-15,22,33,37H,2,4-5,9-10,13,16-21H2,1,3H3,(H,34,38)(H,35,36). The Bertz CT molecular complexity index is 1270. The van der Waals surface area contributed by atoms with E-state index in [1.54, 1.807) is 12.1 Å². The maximum atomic E-state index is 12.0. The molecule has 3 rings (SSSR count). The highest BCUT2D eigenvalue weighted by atomic mass is 16.5. The lowest BCUT2D eigenvalue weighted by molar-refractivity contribution is -0.121. The number of esters is 1. The number of fused-ring (bicyclic) bond motifs is 1. The quantitative estimate of drug-likeness (QED) is 0.0858. The molecule has 2 aromatic carbocycles. The van der Waals surface area contributed by atoms with Gasteiger partial charge in [0.1, 0.15) is 11.7 Å². The van der Waals surface area contributed by atoms with E-state index in [-0.39, 0.29) is 5.91 Å². The Morgan fingerprint density at radius 2 is 1.77 bits per heavy atom. The monoisotopic (exact) mass is 546 g/mol. The molecule has 3 aromatic rings. The average Bonchev–Trinajstić information content (AvgIpc) is 3.36. The number of carbonyl (C=O) groups is 2. The van der Waals surface area contributed by atoms with Gasteiger partial charge in [-0.05, 0) is 63.2 Å². The van der Waals surface area contributed by atoms with Crippen molar-refractivity contribution in [2.45, 2.75) is 45.4 Å². The zero-order valence-corrected chi connectivity index (χ0v) is 23.7. The highest BCUT2D eigenvalue weighted by molar-refractivity contribution is 6.14. The lowest BCUT2D eigenvalue weighted by atomic mass is 10.1. The van der Waals surface area contributed by atoms with Gasteiger partial charge < -0.3 is 25.7 Å². The van der Waals surface area contributed by atoms with E-state index in [2.05, 4.69) is 51.7 Å². The Kier molecular flexibility index (Phi) is 12.9. The summed E-state index contributed by atoms with van der Waals surface area (Å²) in [7, 11) is 1.37. The van der Waals surface area contributed by atoms with Crippen molar-refractivity contribution in [1.82, 2.24) is 20.9 Å². The second kappa shape index (κ2) is 16.9. The van der Waals surface area contributed by atoms with Crippen LogP contribution in [0.15, 0.2) is 58.5 Å². The molecule has 0 bridgehead atoms. The summed E-state index contributed by atoms with van der Waals surface area (Å²) in [6.45, 7) is 9.52. The van der Waals surface area contributed by atoms with Gasteiger partial charge in [-0.2, -0.15) is 0 Å². The molecule has 1 heterocycles. The fraction of sp³-hybridized carbons (Fsp3) is 0.419. The van der Waals surface area contributed by atoms with E-state index >= 15 is 0 Å². The number of nitrogens with zero attached hydrogens (tertiary/aromatic N) is 2. The molecule has 0 unspecified atom stereocenters. The van der Waals surface area contributed by atoms with Gasteiger partial charge in [0.25, 0.3) is 0 Å². The molecule has 1 aromatic heterocycles. The number of benzene rings is 2. The zero-order valence-electron chi connectivity index (χ0n) is 23.7. The SMILES string of the molecule is C=Nc1[nH]c2cc(C(=O)OC)ccc2c1C(=NCCCNCCCNC(=O)CCCC)NCCc1ccccc1. The normalized spacial score (nSPS) is 11.4. The van der Waals surface area contributed by atoms with Gasteiger partial charge in [0.15, 0.2) is 0 Å². The van der Waals surface area contributed by atoms with Crippen molar-refractivity contribution < 1.29 is 14.3 Å². The van der Waals surface area contributed by atoms with Gasteiger partial charge in [0.2, 0.25) is 5.91 Å². The van der Waals surface area contributed by atoms with Crippen LogP contribution in [0.4, 0.5) is 5.82 Å². The number of nitrogens with one attached hydrogen (secondary N) is 4. The summed E-state index contributed by atoms with van der Waals surface area (Å²) < 4.78 is 4.87. The molecule has 0 atom stereocenters. The minimum Gasteiger partial charge on any atom is -0.465 e. The number of ether oxygens (including phenoxy) is 1. The van der Waals surface area contributed by atoms with E-state index < -0.39 is 5.97 Å². The zero-order chi connectivity index (χ0) is 28.6. The molecule has 4 N–H and O–H groups in total. The third-order valence-corrected chi connectivity index (χ3v) is 6.54. The summed E-state index contributed by atoms with van der Waals surface area (Å²) >= 11 is 0. The predicted octanol–water partition coefficient (Wildman–Crippen LogP) is 4.54. The van der Waals surface area contributed by atoms with Crippen LogP contribution in [0.2, 0.25) is 0 Å². The van der Waals surface area contributed by atoms with Crippen molar-refractivity contribution >= 4 is 41.2 Å². The van der Waals surface area contributed by atoms with Gasteiger partial charge >= 0.3 is 5.97 Å². The van der Waals surface area contributed by atoms with E-state index in [4.69, 9.17) is 9.73 Å². The third-order valence-electron chi connectivity index (χ3n) is 6.54. The molecule has 0 fully saturated rings. The van der Waals surface area contributed by atoms with Crippen molar-refractivity contribution in [2.75, 3.05) is 39.8 Å². The molecule has 1 amide bonds. The molecule has 0 saturated carbocycles. The molecular formula is C31H42N6O3. The number of amidine groups is 1. The van der Waals surface area contributed by atoms with E-state index in [1.807, 2.05) is 24.3 Å². The summed E-state index contributed by atoms with van der Waals surface area (Å²) in [6.07, 6.45) is 5.18. The molecule has 40 heavy (non-hydrogen) atoms. The molecule has 0 saturated heterocycles.